The molecule has 0 bridgehead atoms. The van der Waals surface area contributed by atoms with E-state index in [1.165, 1.54) is 0 Å². The van der Waals surface area contributed by atoms with Gasteiger partial charge >= 0.3 is 5.97 Å². The SMILES string of the molecule is C=C1C(=O)C2=CCCC[C@]2(C)C2C=C[C@@]3(C)C(CC[C@@]3(O)CCC(=O)O)C12. The number of aliphatic hydroxyl groups is 1. The summed E-state index contributed by atoms with van der Waals surface area (Å²) in [6.07, 6.45) is 11.1. The molecular formula is C23H30O4. The summed E-state index contributed by atoms with van der Waals surface area (Å²) >= 11 is 0. The fourth-order valence-electron chi connectivity index (χ4n) is 6.70. The highest BCUT2D eigenvalue weighted by atomic mass is 16.4. The van der Waals surface area contributed by atoms with Crippen LogP contribution in [0.2, 0.25) is 0 Å². The topological polar surface area (TPSA) is 74.6 Å². The third-order valence-corrected chi connectivity index (χ3v) is 8.40. The number of carbonyl (C=O) groups excluding carboxylic acids is 1. The molecule has 4 nitrogen and oxygen atoms in total. The second kappa shape index (κ2) is 5.91. The van der Waals surface area contributed by atoms with Crippen LogP contribution in [-0.2, 0) is 9.59 Å². The van der Waals surface area contributed by atoms with E-state index in [4.69, 9.17) is 5.11 Å². The van der Waals surface area contributed by atoms with Crippen LogP contribution in [0.5, 0.6) is 0 Å². The number of allylic oxidation sites excluding steroid dienone is 4. The molecule has 2 saturated carbocycles. The zero-order valence-corrected chi connectivity index (χ0v) is 16.3. The van der Waals surface area contributed by atoms with Gasteiger partial charge in [-0.25, -0.2) is 0 Å². The maximum Gasteiger partial charge on any atom is 0.303 e. The third kappa shape index (κ3) is 2.38. The lowest BCUT2D eigenvalue weighted by Crippen LogP contribution is -2.54. The van der Waals surface area contributed by atoms with Gasteiger partial charge in [0.2, 0.25) is 0 Å². The van der Waals surface area contributed by atoms with E-state index in [0.29, 0.717) is 12.0 Å². The number of hydrogen-bond donors (Lipinski definition) is 2. The molecule has 2 N–H and O–H groups in total. The number of rotatable bonds is 3. The molecule has 0 aromatic heterocycles. The van der Waals surface area contributed by atoms with E-state index in [-0.39, 0.29) is 41.8 Å². The molecule has 0 saturated heterocycles. The molecule has 0 radical (unpaired) electrons. The van der Waals surface area contributed by atoms with E-state index in [9.17, 15) is 14.7 Å². The van der Waals surface area contributed by atoms with E-state index in [0.717, 1.165) is 31.3 Å². The quantitative estimate of drug-likeness (QED) is 0.580. The van der Waals surface area contributed by atoms with E-state index in [2.05, 4.69) is 31.7 Å². The molecule has 6 atom stereocenters. The summed E-state index contributed by atoms with van der Waals surface area (Å²) in [6, 6.07) is 0. The van der Waals surface area contributed by atoms with Crippen LogP contribution in [-0.4, -0.2) is 27.6 Å². The molecule has 3 unspecified atom stereocenters. The van der Waals surface area contributed by atoms with Gasteiger partial charge in [-0.2, -0.15) is 0 Å². The summed E-state index contributed by atoms with van der Waals surface area (Å²) in [5.74, 6) is -0.379. The van der Waals surface area contributed by atoms with Crippen molar-refractivity contribution in [2.75, 3.05) is 0 Å². The van der Waals surface area contributed by atoms with E-state index in [1.54, 1.807) is 0 Å². The minimum absolute atomic E-state index is 0.0339. The maximum atomic E-state index is 13.2. The molecule has 4 rings (SSSR count). The number of Topliss-reactive ketones (excluding diaryl/α,β-unsaturated/α-hetero) is 1. The highest BCUT2D eigenvalue weighted by Gasteiger charge is 2.63. The van der Waals surface area contributed by atoms with Gasteiger partial charge in [0.25, 0.3) is 0 Å². The van der Waals surface area contributed by atoms with Crippen LogP contribution in [0.25, 0.3) is 0 Å². The Kier molecular flexibility index (Phi) is 4.08. The van der Waals surface area contributed by atoms with E-state index < -0.39 is 17.0 Å². The highest BCUT2D eigenvalue weighted by molar-refractivity contribution is 6.10. The van der Waals surface area contributed by atoms with Crippen molar-refractivity contribution in [3.8, 4) is 0 Å². The molecular weight excluding hydrogens is 340 g/mol. The van der Waals surface area contributed by atoms with Crippen LogP contribution in [0.3, 0.4) is 0 Å². The molecule has 4 aliphatic carbocycles. The first-order valence-electron chi connectivity index (χ1n) is 10.2. The van der Waals surface area contributed by atoms with Crippen LogP contribution >= 0.6 is 0 Å². The summed E-state index contributed by atoms with van der Waals surface area (Å²) in [5.41, 5.74) is -0.0781. The number of carbonyl (C=O) groups is 2. The van der Waals surface area contributed by atoms with Crippen molar-refractivity contribution in [1.29, 1.82) is 0 Å². The smallest absolute Gasteiger partial charge is 0.303 e. The van der Waals surface area contributed by atoms with Crippen molar-refractivity contribution < 1.29 is 19.8 Å². The molecule has 0 amide bonds. The maximum absolute atomic E-state index is 13.2. The second-order valence-corrected chi connectivity index (χ2v) is 9.55. The van der Waals surface area contributed by atoms with Crippen molar-refractivity contribution in [1.82, 2.24) is 0 Å². The summed E-state index contributed by atoms with van der Waals surface area (Å²) < 4.78 is 0. The zero-order chi connectivity index (χ0) is 19.6. The minimum atomic E-state index is -1.04. The Morgan fingerprint density at radius 3 is 2.78 bits per heavy atom. The molecule has 4 aliphatic rings. The molecule has 0 aromatic carbocycles. The standard InChI is InChI=1S/C23H30O4/c1-14-19-15(21(2)10-5-4-6-17(21)20(14)26)7-11-22(3)16(19)8-12-23(22,27)13-9-18(24)25/h6-7,11,15-16,19,27H,1,4-5,8-10,12-13H2,2-3H3,(H,24,25)/t15?,16?,19?,21-,22+,23-/m1/s1. The van der Waals surface area contributed by atoms with Crippen LogP contribution < -0.4 is 0 Å². The van der Waals surface area contributed by atoms with Gasteiger partial charge in [-0.3, -0.25) is 9.59 Å². The minimum Gasteiger partial charge on any atom is -0.481 e. The second-order valence-electron chi connectivity index (χ2n) is 9.55. The molecule has 0 spiro atoms. The fraction of sp³-hybridized carbons (Fsp3) is 0.652. The first-order chi connectivity index (χ1) is 12.6. The van der Waals surface area contributed by atoms with E-state index >= 15 is 0 Å². The fourth-order valence-corrected chi connectivity index (χ4v) is 6.70. The summed E-state index contributed by atoms with van der Waals surface area (Å²) in [7, 11) is 0. The van der Waals surface area contributed by atoms with Crippen LogP contribution in [0.15, 0.2) is 36.0 Å². The Labute approximate surface area is 161 Å². The van der Waals surface area contributed by atoms with Gasteiger partial charge in [-0.05, 0) is 61.9 Å². The molecule has 4 heteroatoms. The number of carboxylic acids is 1. The van der Waals surface area contributed by atoms with Gasteiger partial charge < -0.3 is 10.2 Å². The summed E-state index contributed by atoms with van der Waals surface area (Å²) in [4.78, 5) is 24.2. The lowest BCUT2D eigenvalue weighted by molar-refractivity contribution is -0.140. The molecule has 146 valence electrons. The van der Waals surface area contributed by atoms with E-state index in [1.807, 2.05) is 6.92 Å². The number of ketones is 1. The summed E-state index contributed by atoms with van der Waals surface area (Å²) in [5, 5.41) is 20.5. The highest BCUT2D eigenvalue weighted by Crippen LogP contribution is 2.66. The van der Waals surface area contributed by atoms with Crippen molar-refractivity contribution in [3.63, 3.8) is 0 Å². The summed E-state index contributed by atoms with van der Waals surface area (Å²) in [6.45, 7) is 8.48. The van der Waals surface area contributed by atoms with Crippen LogP contribution in [0.1, 0.15) is 58.8 Å². The molecule has 0 aliphatic heterocycles. The van der Waals surface area contributed by atoms with Gasteiger partial charge in [0, 0.05) is 22.8 Å². The molecule has 0 aromatic rings. The number of hydrogen-bond acceptors (Lipinski definition) is 3. The largest absolute Gasteiger partial charge is 0.481 e. The monoisotopic (exact) mass is 370 g/mol. The van der Waals surface area contributed by atoms with Gasteiger partial charge in [0.15, 0.2) is 5.78 Å². The Hall–Kier alpha value is -1.68. The molecule has 2 fully saturated rings. The Balaban J connectivity index is 1.77. The van der Waals surface area contributed by atoms with Crippen molar-refractivity contribution >= 4 is 11.8 Å². The van der Waals surface area contributed by atoms with Crippen LogP contribution in [0, 0.1) is 28.6 Å². The van der Waals surface area contributed by atoms with Crippen molar-refractivity contribution in [2.24, 2.45) is 28.6 Å². The van der Waals surface area contributed by atoms with Crippen molar-refractivity contribution in [2.45, 2.75) is 64.4 Å². The normalized spacial score (nSPS) is 45.7. The lowest BCUT2D eigenvalue weighted by atomic mass is 9.47. The van der Waals surface area contributed by atoms with Gasteiger partial charge in [-0.1, -0.05) is 38.7 Å². The number of fused-ring (bicyclic) bond motifs is 5. The molecule has 27 heavy (non-hydrogen) atoms. The number of aliphatic carboxylic acids is 1. The first-order valence-corrected chi connectivity index (χ1v) is 10.2. The third-order valence-electron chi connectivity index (χ3n) is 8.40. The number of carboxylic acid groups (broad SMARTS) is 1. The average Bonchev–Trinajstić information content (AvgIpc) is 2.89. The average molecular weight is 370 g/mol. The predicted molar refractivity (Wildman–Crippen MR) is 103 cm³/mol. The predicted octanol–water partition coefficient (Wildman–Crippen LogP) is 4.06. The first kappa shape index (κ1) is 18.7. The zero-order valence-electron chi connectivity index (χ0n) is 16.3. The Morgan fingerprint density at radius 1 is 1.33 bits per heavy atom. The lowest BCUT2D eigenvalue weighted by Gasteiger charge is -2.56. The van der Waals surface area contributed by atoms with Gasteiger partial charge in [0.1, 0.15) is 0 Å². The van der Waals surface area contributed by atoms with Crippen LogP contribution in [0.4, 0.5) is 0 Å². The van der Waals surface area contributed by atoms with Gasteiger partial charge in [0.05, 0.1) is 5.60 Å². The molecule has 0 heterocycles. The Morgan fingerprint density at radius 2 is 2.07 bits per heavy atom. The Bertz CT molecular complexity index is 777. The van der Waals surface area contributed by atoms with Gasteiger partial charge in [-0.15, -0.1) is 0 Å². The van der Waals surface area contributed by atoms with Crippen molar-refractivity contribution in [3.05, 3.63) is 36.0 Å².